The lowest BCUT2D eigenvalue weighted by molar-refractivity contribution is -0.907. The summed E-state index contributed by atoms with van der Waals surface area (Å²) < 4.78 is 0. The van der Waals surface area contributed by atoms with Gasteiger partial charge in [-0.25, -0.2) is 0 Å². The predicted molar refractivity (Wildman–Crippen MR) is 102 cm³/mol. The minimum Gasteiger partial charge on any atom is -0.323 e. The van der Waals surface area contributed by atoms with Gasteiger partial charge in [0.05, 0.1) is 11.9 Å². The number of fused-ring (bicyclic) bond motifs is 1. The molecule has 0 spiro atoms. The second-order valence-corrected chi connectivity index (χ2v) is 7.32. The van der Waals surface area contributed by atoms with E-state index in [1.807, 2.05) is 37.3 Å². The number of quaternary nitrogens is 1. The number of benzene rings is 2. The minimum absolute atomic E-state index is 0.0528. The van der Waals surface area contributed by atoms with Gasteiger partial charge >= 0.3 is 0 Å². The lowest BCUT2D eigenvalue weighted by atomic mass is 10.1. The van der Waals surface area contributed by atoms with E-state index >= 15 is 0 Å². The number of hydrogen-bond donors (Lipinski definition) is 2. The zero-order valence-electron chi connectivity index (χ0n) is 14.3. The van der Waals surface area contributed by atoms with Gasteiger partial charge < -0.3 is 10.2 Å². The van der Waals surface area contributed by atoms with E-state index in [-0.39, 0.29) is 11.9 Å². The van der Waals surface area contributed by atoms with Gasteiger partial charge in [-0.2, -0.15) is 0 Å². The third-order valence-electron chi connectivity index (χ3n) is 4.56. The second kappa shape index (κ2) is 7.16. The Morgan fingerprint density at radius 3 is 2.62 bits per heavy atom. The largest absolute Gasteiger partial charge is 0.323 e. The number of amides is 1. The van der Waals surface area contributed by atoms with Crippen LogP contribution in [0, 0.1) is 6.92 Å². The molecule has 0 bridgehead atoms. The van der Waals surface area contributed by atoms with E-state index in [0.29, 0.717) is 0 Å². The SMILES string of the molecule is Cc1ccsc1C[NH+](C)[C@H](C)C(=O)Nc1ccc2ccccc2c1. The molecular formula is C20H23N2OS+. The van der Waals surface area contributed by atoms with E-state index in [1.165, 1.54) is 20.7 Å². The van der Waals surface area contributed by atoms with Crippen LogP contribution in [-0.4, -0.2) is 19.0 Å². The Morgan fingerprint density at radius 1 is 1.17 bits per heavy atom. The smallest absolute Gasteiger partial charge is 0.282 e. The second-order valence-electron chi connectivity index (χ2n) is 6.32. The van der Waals surface area contributed by atoms with Crippen LogP contribution in [0.3, 0.4) is 0 Å². The van der Waals surface area contributed by atoms with E-state index in [9.17, 15) is 4.79 Å². The Morgan fingerprint density at radius 2 is 1.92 bits per heavy atom. The van der Waals surface area contributed by atoms with Gasteiger partial charge in [0.15, 0.2) is 6.04 Å². The lowest BCUT2D eigenvalue weighted by Gasteiger charge is -2.21. The molecule has 1 heterocycles. The summed E-state index contributed by atoms with van der Waals surface area (Å²) in [5.41, 5.74) is 2.16. The highest BCUT2D eigenvalue weighted by Gasteiger charge is 2.23. The van der Waals surface area contributed by atoms with Crippen molar-refractivity contribution in [3.63, 3.8) is 0 Å². The molecule has 0 saturated carbocycles. The third-order valence-corrected chi connectivity index (χ3v) is 5.58. The van der Waals surface area contributed by atoms with Gasteiger partial charge in [0, 0.05) is 5.69 Å². The van der Waals surface area contributed by atoms with Crippen molar-refractivity contribution in [1.29, 1.82) is 0 Å². The van der Waals surface area contributed by atoms with Crippen molar-refractivity contribution in [2.45, 2.75) is 26.4 Å². The highest BCUT2D eigenvalue weighted by atomic mass is 32.1. The normalized spacial score (nSPS) is 13.6. The summed E-state index contributed by atoms with van der Waals surface area (Å²) in [6, 6.07) is 16.2. The first-order chi connectivity index (χ1) is 11.5. The number of anilines is 1. The zero-order valence-corrected chi connectivity index (χ0v) is 15.1. The topological polar surface area (TPSA) is 33.5 Å². The Labute approximate surface area is 146 Å². The third kappa shape index (κ3) is 3.66. The highest BCUT2D eigenvalue weighted by molar-refractivity contribution is 7.10. The first kappa shape index (κ1) is 16.7. The predicted octanol–water partition coefficient (Wildman–Crippen LogP) is 3.25. The lowest BCUT2D eigenvalue weighted by Crippen LogP contribution is -3.12. The summed E-state index contributed by atoms with van der Waals surface area (Å²) in [7, 11) is 2.07. The first-order valence-corrected chi connectivity index (χ1v) is 9.07. The van der Waals surface area contributed by atoms with Crippen molar-refractivity contribution in [3.8, 4) is 0 Å². The number of carbonyl (C=O) groups is 1. The van der Waals surface area contributed by atoms with Crippen molar-refractivity contribution in [3.05, 3.63) is 64.4 Å². The van der Waals surface area contributed by atoms with Crippen LogP contribution in [0.15, 0.2) is 53.9 Å². The van der Waals surface area contributed by atoms with Crippen molar-refractivity contribution in [1.82, 2.24) is 0 Å². The van der Waals surface area contributed by atoms with Gasteiger partial charge in [0.1, 0.15) is 6.54 Å². The maximum atomic E-state index is 12.6. The fourth-order valence-electron chi connectivity index (χ4n) is 2.73. The first-order valence-electron chi connectivity index (χ1n) is 8.19. The molecular weight excluding hydrogens is 316 g/mol. The maximum absolute atomic E-state index is 12.6. The van der Waals surface area contributed by atoms with Gasteiger partial charge in [-0.15, -0.1) is 11.3 Å². The molecule has 1 unspecified atom stereocenters. The molecule has 1 aromatic heterocycles. The van der Waals surface area contributed by atoms with Crippen LogP contribution in [0.4, 0.5) is 5.69 Å². The van der Waals surface area contributed by atoms with E-state index in [4.69, 9.17) is 0 Å². The van der Waals surface area contributed by atoms with Gasteiger partial charge in [-0.1, -0.05) is 30.3 Å². The number of nitrogens with one attached hydrogen (secondary N) is 2. The molecule has 0 aliphatic carbocycles. The van der Waals surface area contributed by atoms with Crippen molar-refractivity contribution >= 4 is 33.7 Å². The summed E-state index contributed by atoms with van der Waals surface area (Å²) in [6.45, 7) is 4.98. The van der Waals surface area contributed by atoms with Gasteiger partial charge in [-0.05, 0) is 53.8 Å². The molecule has 0 fully saturated rings. The Hall–Kier alpha value is -2.17. The van der Waals surface area contributed by atoms with E-state index in [0.717, 1.165) is 17.6 Å². The van der Waals surface area contributed by atoms with Crippen LogP contribution < -0.4 is 10.2 Å². The molecule has 4 heteroatoms. The standard InChI is InChI=1S/C20H22N2OS/c1-14-10-11-24-19(14)13-22(3)15(2)20(23)21-18-9-8-16-6-4-5-7-17(16)12-18/h4-12,15H,13H2,1-3H3,(H,21,23)/p+1/t15-/m1/s1. The molecule has 3 aromatic rings. The molecule has 0 aliphatic rings. The molecule has 1 amide bonds. The van der Waals surface area contributed by atoms with Crippen LogP contribution in [0.5, 0.6) is 0 Å². The number of hydrogen-bond acceptors (Lipinski definition) is 2. The highest BCUT2D eigenvalue weighted by Crippen LogP contribution is 2.19. The van der Waals surface area contributed by atoms with Crippen molar-refractivity contribution < 1.29 is 9.69 Å². The average Bonchev–Trinajstić information content (AvgIpc) is 2.98. The maximum Gasteiger partial charge on any atom is 0.282 e. The van der Waals surface area contributed by atoms with E-state index in [1.54, 1.807) is 11.3 Å². The monoisotopic (exact) mass is 339 g/mol. The van der Waals surface area contributed by atoms with Crippen LogP contribution >= 0.6 is 11.3 Å². The quantitative estimate of drug-likeness (QED) is 0.735. The number of rotatable bonds is 5. The molecule has 0 radical (unpaired) electrons. The fraction of sp³-hybridized carbons (Fsp3) is 0.250. The molecule has 24 heavy (non-hydrogen) atoms. The van der Waals surface area contributed by atoms with E-state index < -0.39 is 0 Å². The molecule has 3 rings (SSSR count). The van der Waals surface area contributed by atoms with Crippen LogP contribution in [0.25, 0.3) is 10.8 Å². The van der Waals surface area contributed by atoms with Crippen LogP contribution in [-0.2, 0) is 11.3 Å². The Kier molecular flexibility index (Phi) is 4.97. The zero-order chi connectivity index (χ0) is 17.1. The molecule has 3 nitrogen and oxygen atoms in total. The van der Waals surface area contributed by atoms with Crippen LogP contribution in [0.1, 0.15) is 17.4 Å². The summed E-state index contributed by atoms with van der Waals surface area (Å²) in [6.07, 6.45) is 0. The average molecular weight is 339 g/mol. The van der Waals surface area contributed by atoms with Crippen molar-refractivity contribution in [2.75, 3.05) is 12.4 Å². The number of carbonyl (C=O) groups excluding carboxylic acids is 1. The van der Waals surface area contributed by atoms with Crippen LogP contribution in [0.2, 0.25) is 0 Å². The molecule has 0 saturated heterocycles. The molecule has 0 aliphatic heterocycles. The molecule has 2 atom stereocenters. The van der Waals surface area contributed by atoms with E-state index in [2.05, 4.69) is 42.9 Å². The van der Waals surface area contributed by atoms with Crippen molar-refractivity contribution in [2.24, 2.45) is 0 Å². The molecule has 124 valence electrons. The minimum atomic E-state index is -0.113. The van der Waals surface area contributed by atoms with Gasteiger partial charge in [-0.3, -0.25) is 4.79 Å². The Balaban J connectivity index is 1.67. The fourth-order valence-corrected chi connectivity index (χ4v) is 3.73. The van der Waals surface area contributed by atoms with Gasteiger partial charge in [0.2, 0.25) is 0 Å². The number of likely N-dealkylation sites (N-methyl/N-ethyl adjacent to an activating group) is 1. The summed E-state index contributed by atoms with van der Waals surface area (Å²) in [4.78, 5) is 15.1. The summed E-state index contributed by atoms with van der Waals surface area (Å²) >= 11 is 1.76. The number of thiophene rings is 1. The van der Waals surface area contributed by atoms with Gasteiger partial charge in [0.25, 0.3) is 5.91 Å². The Bertz CT molecular complexity index is 855. The molecule has 2 N–H and O–H groups in total. The summed E-state index contributed by atoms with van der Waals surface area (Å²) in [5.74, 6) is 0.0528. The molecule has 2 aromatic carbocycles. The summed E-state index contributed by atoms with van der Waals surface area (Å²) in [5, 5.41) is 7.48. The number of aryl methyl sites for hydroxylation is 1.